The molecule has 0 N–H and O–H groups in total. The highest BCUT2D eigenvalue weighted by molar-refractivity contribution is 6.24. The maximum atomic E-state index is 13.3. The van der Waals surface area contributed by atoms with Gasteiger partial charge in [-0.3, -0.25) is 14.9 Å². The number of nitro benzene ring substituents is 1. The lowest BCUT2D eigenvalue weighted by Gasteiger charge is -2.23. The Morgan fingerprint density at radius 3 is 2.43 bits per heavy atom. The number of hydrogen-bond acceptors (Lipinski definition) is 3. The van der Waals surface area contributed by atoms with Crippen LogP contribution < -0.4 is 10.4 Å². The number of hydrogen-bond donors (Lipinski definition) is 0. The van der Waals surface area contributed by atoms with Crippen LogP contribution in [0, 0.1) is 20.6 Å². The zero-order valence-electron chi connectivity index (χ0n) is 16.7. The van der Waals surface area contributed by atoms with Crippen LogP contribution in [0.2, 0.25) is 0 Å². The summed E-state index contributed by atoms with van der Waals surface area (Å²) in [5, 5.41) is 15.7. The predicted octanol–water partition coefficient (Wildman–Crippen LogP) is 4.15. The molecule has 2 aliphatic carbocycles. The standard InChI is InChI=1S/C26H21NO3/c1-16-15-18-5-2-3-6-20(18)23-14-13-21-22(25(16)23)7-4-8-24(21)26(28)17-9-11-19(12-10-17)27(29)30/h2-3,5-6,9-16H,4,7-8H2,1H3. The Bertz CT molecular complexity index is 1420. The van der Waals surface area contributed by atoms with E-state index in [4.69, 9.17) is 0 Å². The van der Waals surface area contributed by atoms with E-state index in [0.29, 0.717) is 11.5 Å². The number of ketones is 1. The molecule has 2 aliphatic rings. The lowest BCUT2D eigenvalue weighted by molar-refractivity contribution is -0.384. The monoisotopic (exact) mass is 395 g/mol. The van der Waals surface area contributed by atoms with Gasteiger partial charge in [-0.15, -0.1) is 0 Å². The van der Waals surface area contributed by atoms with Crippen LogP contribution in [0.1, 0.15) is 47.2 Å². The molecule has 3 aromatic carbocycles. The smallest absolute Gasteiger partial charge is 0.269 e. The number of nitrogens with zero attached hydrogens (tertiary/aromatic N) is 1. The lowest BCUT2D eigenvalue weighted by Crippen LogP contribution is -2.26. The Labute approximate surface area is 173 Å². The van der Waals surface area contributed by atoms with Crippen molar-refractivity contribution in [1.82, 2.24) is 0 Å². The molecule has 1 atom stereocenters. The van der Waals surface area contributed by atoms with Gasteiger partial charge in [-0.25, -0.2) is 0 Å². The first-order valence-corrected chi connectivity index (χ1v) is 10.3. The van der Waals surface area contributed by atoms with Gasteiger partial charge in [0, 0.05) is 29.2 Å². The van der Waals surface area contributed by atoms with Gasteiger partial charge in [0.1, 0.15) is 0 Å². The molecule has 4 heteroatoms. The fourth-order valence-corrected chi connectivity index (χ4v) is 4.93. The van der Waals surface area contributed by atoms with Crippen LogP contribution in [0.4, 0.5) is 5.69 Å². The molecule has 0 radical (unpaired) electrons. The first kappa shape index (κ1) is 18.5. The molecule has 0 heterocycles. The maximum Gasteiger partial charge on any atom is 0.269 e. The number of fused-ring (bicyclic) bond motifs is 4. The molecular formula is C26H21NO3. The zero-order valence-corrected chi connectivity index (χ0v) is 16.7. The number of non-ortho nitro benzene ring substituents is 1. The second kappa shape index (κ2) is 7.06. The highest BCUT2D eigenvalue weighted by Crippen LogP contribution is 2.29. The molecule has 0 fully saturated rings. The Morgan fingerprint density at radius 1 is 0.933 bits per heavy atom. The van der Waals surface area contributed by atoms with Crippen LogP contribution in [0.15, 0.2) is 60.7 Å². The number of carbonyl (C=O) groups excluding carboxylic acids is 1. The second-order valence-corrected chi connectivity index (χ2v) is 8.06. The Kier molecular flexibility index (Phi) is 4.35. The van der Waals surface area contributed by atoms with Gasteiger partial charge in [-0.2, -0.15) is 0 Å². The minimum absolute atomic E-state index is 0.00214. The molecule has 0 bridgehead atoms. The van der Waals surface area contributed by atoms with E-state index in [2.05, 4.69) is 49.4 Å². The summed E-state index contributed by atoms with van der Waals surface area (Å²) >= 11 is 0. The summed E-state index contributed by atoms with van der Waals surface area (Å²) in [6.45, 7) is 2.22. The van der Waals surface area contributed by atoms with Gasteiger partial charge in [-0.05, 0) is 63.4 Å². The first-order chi connectivity index (χ1) is 14.5. The van der Waals surface area contributed by atoms with Crippen molar-refractivity contribution in [2.75, 3.05) is 0 Å². The summed E-state index contributed by atoms with van der Waals surface area (Å²) in [7, 11) is 0. The summed E-state index contributed by atoms with van der Waals surface area (Å²) in [5.41, 5.74) is 3.94. The molecular weight excluding hydrogens is 374 g/mol. The van der Waals surface area contributed by atoms with Crippen molar-refractivity contribution in [2.45, 2.75) is 32.1 Å². The fraction of sp³-hybridized carbons (Fsp3) is 0.192. The van der Waals surface area contributed by atoms with Crippen LogP contribution in [0.3, 0.4) is 0 Å². The highest BCUT2D eigenvalue weighted by Gasteiger charge is 2.23. The van der Waals surface area contributed by atoms with Gasteiger partial charge in [0.25, 0.3) is 5.69 Å². The van der Waals surface area contributed by atoms with Crippen LogP contribution >= 0.6 is 0 Å². The van der Waals surface area contributed by atoms with Crippen molar-refractivity contribution in [3.63, 3.8) is 0 Å². The van der Waals surface area contributed by atoms with Crippen molar-refractivity contribution in [2.24, 2.45) is 0 Å². The molecule has 0 spiro atoms. The van der Waals surface area contributed by atoms with Crippen LogP contribution in [-0.2, 0) is 6.42 Å². The van der Waals surface area contributed by atoms with Gasteiger partial charge in [0.2, 0.25) is 0 Å². The fourth-order valence-electron chi connectivity index (χ4n) is 4.93. The van der Waals surface area contributed by atoms with Crippen molar-refractivity contribution in [1.29, 1.82) is 0 Å². The van der Waals surface area contributed by atoms with Gasteiger partial charge in [0.05, 0.1) is 4.92 Å². The quantitative estimate of drug-likeness (QED) is 0.380. The number of carbonyl (C=O) groups is 1. The highest BCUT2D eigenvalue weighted by atomic mass is 16.6. The van der Waals surface area contributed by atoms with E-state index < -0.39 is 4.92 Å². The van der Waals surface area contributed by atoms with Gasteiger partial charge in [-0.1, -0.05) is 49.4 Å². The molecule has 0 saturated carbocycles. The normalized spacial score (nSPS) is 16.7. The predicted molar refractivity (Wildman–Crippen MR) is 116 cm³/mol. The van der Waals surface area contributed by atoms with Crippen molar-refractivity contribution in [3.8, 4) is 0 Å². The number of Topliss-reactive ketones (excluding diaryl/α,β-unsaturated/α-hetero) is 1. The van der Waals surface area contributed by atoms with E-state index in [9.17, 15) is 14.9 Å². The molecule has 4 nitrogen and oxygen atoms in total. The number of nitro groups is 1. The SMILES string of the molecule is CC1C=c2ccccc2=c2ccc3c(c21)CCCC=3C(=O)c1ccc([N+](=O)[O-])cc1. The van der Waals surface area contributed by atoms with Crippen LogP contribution in [-0.4, -0.2) is 10.7 Å². The Balaban J connectivity index is 1.73. The Morgan fingerprint density at radius 2 is 1.67 bits per heavy atom. The van der Waals surface area contributed by atoms with Gasteiger partial charge < -0.3 is 0 Å². The summed E-state index contributed by atoms with van der Waals surface area (Å²) in [4.78, 5) is 23.7. The average Bonchev–Trinajstić information content (AvgIpc) is 2.78. The molecule has 0 amide bonds. The molecule has 3 aromatic rings. The molecule has 0 saturated heterocycles. The van der Waals surface area contributed by atoms with E-state index in [1.54, 1.807) is 12.1 Å². The summed E-state index contributed by atoms with van der Waals surface area (Å²) < 4.78 is 0. The minimum atomic E-state index is -0.445. The minimum Gasteiger partial charge on any atom is -0.289 e. The summed E-state index contributed by atoms with van der Waals surface area (Å²) in [6, 6.07) is 18.6. The molecule has 5 rings (SSSR count). The molecule has 148 valence electrons. The maximum absolute atomic E-state index is 13.3. The van der Waals surface area contributed by atoms with Crippen LogP contribution in [0.25, 0.3) is 11.6 Å². The molecule has 30 heavy (non-hydrogen) atoms. The van der Waals surface area contributed by atoms with E-state index in [-0.39, 0.29) is 11.5 Å². The van der Waals surface area contributed by atoms with Gasteiger partial charge in [0.15, 0.2) is 5.78 Å². The third kappa shape index (κ3) is 2.88. The van der Waals surface area contributed by atoms with Crippen molar-refractivity contribution >= 4 is 23.1 Å². The Hall–Kier alpha value is -3.53. The van der Waals surface area contributed by atoms with E-state index >= 15 is 0 Å². The first-order valence-electron chi connectivity index (χ1n) is 10.3. The van der Waals surface area contributed by atoms with E-state index in [1.165, 1.54) is 38.9 Å². The largest absolute Gasteiger partial charge is 0.289 e. The van der Waals surface area contributed by atoms with Gasteiger partial charge >= 0.3 is 0 Å². The summed E-state index contributed by atoms with van der Waals surface area (Å²) in [6.07, 6.45) is 4.95. The topological polar surface area (TPSA) is 60.2 Å². The summed E-state index contributed by atoms with van der Waals surface area (Å²) in [5.74, 6) is 0.261. The zero-order chi connectivity index (χ0) is 20.8. The van der Waals surface area contributed by atoms with E-state index in [1.807, 2.05) is 0 Å². The third-order valence-electron chi connectivity index (χ3n) is 6.29. The number of rotatable bonds is 3. The van der Waals surface area contributed by atoms with E-state index in [0.717, 1.165) is 30.1 Å². The average molecular weight is 395 g/mol. The number of benzene rings is 3. The van der Waals surface area contributed by atoms with Crippen molar-refractivity contribution < 1.29 is 9.72 Å². The third-order valence-corrected chi connectivity index (χ3v) is 6.29. The second-order valence-electron chi connectivity index (χ2n) is 8.06. The van der Waals surface area contributed by atoms with Crippen molar-refractivity contribution in [3.05, 3.63) is 108 Å². The molecule has 1 unspecified atom stereocenters. The lowest BCUT2D eigenvalue weighted by atomic mass is 9.81. The van der Waals surface area contributed by atoms with Crippen LogP contribution in [0.5, 0.6) is 0 Å². The molecule has 0 aromatic heterocycles. The molecule has 0 aliphatic heterocycles.